The smallest absolute Gasteiger partial charge is 0.218 e. The summed E-state index contributed by atoms with van der Waals surface area (Å²) in [4.78, 5) is 11.0. The highest BCUT2D eigenvalue weighted by Crippen LogP contribution is 2.25. The monoisotopic (exact) mass is 496 g/mol. The minimum absolute atomic E-state index is 0. The van der Waals surface area contributed by atoms with Gasteiger partial charge in [0.1, 0.15) is 6.10 Å². The first kappa shape index (κ1) is 22.4. The lowest BCUT2D eigenvalue weighted by atomic mass is 10.0. The number of guanidine groups is 1. The van der Waals surface area contributed by atoms with Gasteiger partial charge < -0.3 is 19.7 Å². The van der Waals surface area contributed by atoms with Gasteiger partial charge >= 0.3 is 0 Å². The molecule has 1 aromatic carbocycles. The second-order valence-corrected chi connectivity index (χ2v) is 6.46. The molecule has 0 aliphatic carbocycles. The standard InChI is InChI=1S/C21H28N4O2.HI/c1-4-26-20-17(9-7-11-23-20)14-24-21(22-3)25-12-13-27-19(15-25)18-10-6-5-8-16(18)2;/h5-11,19H,4,12-15H2,1-3H3,(H,22,24);1H. The van der Waals surface area contributed by atoms with Gasteiger partial charge in [0.25, 0.3) is 0 Å². The van der Waals surface area contributed by atoms with Crippen LogP contribution in [0.25, 0.3) is 0 Å². The van der Waals surface area contributed by atoms with Gasteiger partial charge in [-0.3, -0.25) is 4.99 Å². The number of nitrogens with zero attached hydrogens (tertiary/aromatic N) is 3. The Labute approximate surface area is 184 Å². The molecule has 28 heavy (non-hydrogen) atoms. The first-order valence-corrected chi connectivity index (χ1v) is 9.42. The molecule has 1 aliphatic heterocycles. The predicted octanol–water partition coefficient (Wildman–Crippen LogP) is 3.56. The molecule has 0 radical (unpaired) electrons. The number of hydrogen-bond donors (Lipinski definition) is 1. The van der Waals surface area contributed by atoms with Gasteiger partial charge in [0.2, 0.25) is 5.88 Å². The highest BCUT2D eigenvalue weighted by atomic mass is 127. The van der Waals surface area contributed by atoms with Gasteiger partial charge in [-0.1, -0.05) is 30.3 Å². The summed E-state index contributed by atoms with van der Waals surface area (Å²) in [6.45, 7) is 7.56. The van der Waals surface area contributed by atoms with Crippen molar-refractivity contribution in [1.29, 1.82) is 0 Å². The van der Waals surface area contributed by atoms with Crippen LogP contribution < -0.4 is 10.1 Å². The molecule has 7 heteroatoms. The van der Waals surface area contributed by atoms with Crippen LogP contribution in [0.3, 0.4) is 0 Å². The average Bonchev–Trinajstić information content (AvgIpc) is 2.70. The number of aryl methyl sites for hydroxylation is 1. The zero-order valence-corrected chi connectivity index (χ0v) is 19.1. The summed E-state index contributed by atoms with van der Waals surface area (Å²) in [5.74, 6) is 1.53. The van der Waals surface area contributed by atoms with E-state index in [1.54, 1.807) is 6.20 Å². The molecule has 1 N–H and O–H groups in total. The number of aromatic nitrogens is 1. The number of benzene rings is 1. The van der Waals surface area contributed by atoms with Gasteiger partial charge in [-0.05, 0) is 31.0 Å². The number of ether oxygens (including phenoxy) is 2. The fourth-order valence-corrected chi connectivity index (χ4v) is 3.31. The molecule has 1 aromatic heterocycles. The van der Waals surface area contributed by atoms with Crippen molar-refractivity contribution in [3.8, 4) is 5.88 Å². The Balaban J connectivity index is 0.00000280. The molecule has 6 nitrogen and oxygen atoms in total. The molecule has 1 atom stereocenters. The summed E-state index contributed by atoms with van der Waals surface area (Å²) in [7, 11) is 1.81. The Morgan fingerprint density at radius 1 is 1.32 bits per heavy atom. The van der Waals surface area contributed by atoms with E-state index in [1.807, 2.05) is 26.1 Å². The molecule has 1 aliphatic rings. The van der Waals surface area contributed by atoms with Crippen molar-refractivity contribution in [2.75, 3.05) is 33.4 Å². The third kappa shape index (κ3) is 5.57. The van der Waals surface area contributed by atoms with Crippen LogP contribution in [0.1, 0.15) is 29.7 Å². The molecular weight excluding hydrogens is 467 g/mol. The minimum Gasteiger partial charge on any atom is -0.478 e. The van der Waals surface area contributed by atoms with E-state index in [-0.39, 0.29) is 30.1 Å². The van der Waals surface area contributed by atoms with Crippen LogP contribution in [0.4, 0.5) is 0 Å². The Bertz CT molecular complexity index is 785. The summed E-state index contributed by atoms with van der Waals surface area (Å²) in [6, 6.07) is 12.3. The number of morpholine rings is 1. The Morgan fingerprint density at radius 2 is 2.14 bits per heavy atom. The SMILES string of the molecule is CCOc1ncccc1CNC(=NC)N1CCOC(c2ccccc2C)C1.I. The van der Waals surface area contributed by atoms with Crippen LogP contribution >= 0.6 is 24.0 Å². The van der Waals surface area contributed by atoms with Crippen LogP contribution in [-0.2, 0) is 11.3 Å². The van der Waals surface area contributed by atoms with Crippen LogP contribution in [0.15, 0.2) is 47.6 Å². The number of pyridine rings is 1. The summed E-state index contributed by atoms with van der Waals surface area (Å²) < 4.78 is 11.6. The molecule has 1 saturated heterocycles. The van der Waals surface area contributed by atoms with Crippen molar-refractivity contribution in [1.82, 2.24) is 15.2 Å². The topological polar surface area (TPSA) is 59.0 Å². The first-order valence-electron chi connectivity index (χ1n) is 9.42. The van der Waals surface area contributed by atoms with E-state index in [0.717, 1.165) is 24.6 Å². The molecule has 2 aromatic rings. The highest BCUT2D eigenvalue weighted by Gasteiger charge is 2.25. The fourth-order valence-electron chi connectivity index (χ4n) is 3.31. The minimum atomic E-state index is 0. The zero-order valence-electron chi connectivity index (χ0n) is 16.7. The fraction of sp³-hybridized carbons (Fsp3) is 0.429. The molecule has 152 valence electrons. The van der Waals surface area contributed by atoms with Crippen molar-refractivity contribution in [2.24, 2.45) is 4.99 Å². The van der Waals surface area contributed by atoms with Crippen molar-refractivity contribution < 1.29 is 9.47 Å². The van der Waals surface area contributed by atoms with E-state index in [4.69, 9.17) is 9.47 Å². The second-order valence-electron chi connectivity index (χ2n) is 6.46. The van der Waals surface area contributed by atoms with Crippen LogP contribution in [-0.4, -0.2) is 49.2 Å². The molecule has 3 rings (SSSR count). The lowest BCUT2D eigenvalue weighted by molar-refractivity contribution is -0.00834. The van der Waals surface area contributed by atoms with E-state index in [0.29, 0.717) is 25.6 Å². The van der Waals surface area contributed by atoms with Crippen LogP contribution in [0.5, 0.6) is 5.88 Å². The van der Waals surface area contributed by atoms with Crippen molar-refractivity contribution in [3.63, 3.8) is 0 Å². The number of rotatable bonds is 5. The van der Waals surface area contributed by atoms with E-state index in [9.17, 15) is 0 Å². The largest absolute Gasteiger partial charge is 0.478 e. The van der Waals surface area contributed by atoms with Crippen LogP contribution in [0.2, 0.25) is 0 Å². The third-order valence-corrected chi connectivity index (χ3v) is 4.68. The average molecular weight is 496 g/mol. The molecule has 0 bridgehead atoms. The molecule has 0 amide bonds. The van der Waals surface area contributed by atoms with Crippen LogP contribution in [0, 0.1) is 6.92 Å². The van der Waals surface area contributed by atoms with Crippen molar-refractivity contribution in [3.05, 3.63) is 59.3 Å². The zero-order chi connectivity index (χ0) is 19.1. The number of hydrogen-bond acceptors (Lipinski definition) is 4. The van der Waals surface area contributed by atoms with E-state index in [1.165, 1.54) is 11.1 Å². The maximum Gasteiger partial charge on any atom is 0.218 e. The Kier molecular flexibility index (Phi) is 8.98. The number of aliphatic imine (C=N–C) groups is 1. The maximum atomic E-state index is 6.03. The molecule has 1 fully saturated rings. The second kappa shape index (κ2) is 11.2. The van der Waals surface area contributed by atoms with E-state index >= 15 is 0 Å². The summed E-state index contributed by atoms with van der Waals surface area (Å²) in [5, 5.41) is 3.44. The van der Waals surface area contributed by atoms with E-state index in [2.05, 4.69) is 51.4 Å². The number of halogens is 1. The molecule has 1 unspecified atom stereocenters. The third-order valence-electron chi connectivity index (χ3n) is 4.68. The van der Waals surface area contributed by atoms with Gasteiger partial charge in [0.15, 0.2) is 5.96 Å². The van der Waals surface area contributed by atoms with Gasteiger partial charge in [-0.2, -0.15) is 0 Å². The van der Waals surface area contributed by atoms with Gasteiger partial charge in [0.05, 0.1) is 19.8 Å². The Morgan fingerprint density at radius 3 is 2.89 bits per heavy atom. The predicted molar refractivity (Wildman–Crippen MR) is 122 cm³/mol. The summed E-state index contributed by atoms with van der Waals surface area (Å²) >= 11 is 0. The number of nitrogens with one attached hydrogen (secondary N) is 1. The van der Waals surface area contributed by atoms with Gasteiger partial charge in [-0.15, -0.1) is 24.0 Å². The van der Waals surface area contributed by atoms with Crippen molar-refractivity contribution >= 4 is 29.9 Å². The lowest BCUT2D eigenvalue weighted by Crippen LogP contribution is -2.48. The maximum absolute atomic E-state index is 6.03. The molecule has 0 spiro atoms. The first-order chi connectivity index (χ1) is 13.2. The highest BCUT2D eigenvalue weighted by molar-refractivity contribution is 14.0. The van der Waals surface area contributed by atoms with Gasteiger partial charge in [-0.25, -0.2) is 4.98 Å². The molecular formula is C21H29IN4O2. The molecule has 2 heterocycles. The summed E-state index contributed by atoms with van der Waals surface area (Å²) in [6.07, 6.45) is 1.80. The van der Waals surface area contributed by atoms with E-state index < -0.39 is 0 Å². The molecule has 0 saturated carbocycles. The lowest BCUT2D eigenvalue weighted by Gasteiger charge is -2.35. The van der Waals surface area contributed by atoms with Gasteiger partial charge in [0, 0.05) is 31.9 Å². The Hall–Kier alpha value is -1.87. The van der Waals surface area contributed by atoms with Crippen molar-refractivity contribution in [2.45, 2.75) is 26.5 Å². The quantitative estimate of drug-likeness (QED) is 0.390. The summed E-state index contributed by atoms with van der Waals surface area (Å²) in [5.41, 5.74) is 3.51. The normalized spacial score (nSPS) is 17.0.